The van der Waals surface area contributed by atoms with E-state index in [2.05, 4.69) is 15.3 Å². The van der Waals surface area contributed by atoms with Crippen molar-refractivity contribution in [1.82, 2.24) is 5.32 Å². The Labute approximate surface area is 148 Å². The van der Waals surface area contributed by atoms with Gasteiger partial charge in [0.15, 0.2) is 18.4 Å². The van der Waals surface area contributed by atoms with Crippen LogP contribution in [0.4, 0.5) is 0 Å². The third kappa shape index (κ3) is 6.22. The summed E-state index contributed by atoms with van der Waals surface area (Å²) in [5.74, 6) is -2.58. The highest BCUT2D eigenvalue weighted by Gasteiger charge is 2.50. The van der Waals surface area contributed by atoms with Gasteiger partial charge in [-0.15, -0.1) is 0 Å². The molecule has 1 aliphatic heterocycles. The Hall–Kier alpha value is -2.85. The monoisotopic (exact) mass is 372 g/mol. The lowest BCUT2D eigenvalue weighted by molar-refractivity contribution is -0.222. The van der Waals surface area contributed by atoms with Crippen LogP contribution in [0.15, 0.2) is 5.11 Å². The molecule has 5 atom stereocenters. The number of azide groups is 1. The predicted octanol–water partition coefficient (Wildman–Crippen LogP) is -0.0472. The molecule has 0 unspecified atom stereocenters. The van der Waals surface area contributed by atoms with Crippen molar-refractivity contribution in [2.45, 2.75) is 58.3 Å². The summed E-state index contributed by atoms with van der Waals surface area (Å²) in [6.45, 7) is 4.26. The number of carbonyl (C=O) groups excluding carboxylic acids is 4. The number of amides is 1. The number of esters is 3. The molecule has 1 amide bonds. The van der Waals surface area contributed by atoms with E-state index >= 15 is 0 Å². The van der Waals surface area contributed by atoms with Gasteiger partial charge in [0.1, 0.15) is 18.8 Å². The van der Waals surface area contributed by atoms with Crippen LogP contribution in [-0.4, -0.2) is 61.0 Å². The topological polar surface area (TPSA) is 166 Å². The highest BCUT2D eigenvalue weighted by molar-refractivity contribution is 5.73. The lowest BCUT2D eigenvalue weighted by Crippen LogP contribution is -2.65. The number of nitrogens with zero attached hydrogens (tertiary/aromatic N) is 3. The average molecular weight is 372 g/mol. The molecule has 1 saturated heterocycles. The van der Waals surface area contributed by atoms with Crippen LogP contribution in [0, 0.1) is 0 Å². The van der Waals surface area contributed by atoms with Crippen LogP contribution in [0.3, 0.4) is 0 Å². The van der Waals surface area contributed by atoms with E-state index in [1.165, 1.54) is 6.92 Å². The summed E-state index contributed by atoms with van der Waals surface area (Å²) in [6, 6.07) is -1.12. The van der Waals surface area contributed by atoms with Gasteiger partial charge in [-0.2, -0.15) is 0 Å². The van der Waals surface area contributed by atoms with Gasteiger partial charge in [0, 0.05) is 32.6 Å². The van der Waals surface area contributed by atoms with Gasteiger partial charge >= 0.3 is 17.9 Å². The van der Waals surface area contributed by atoms with E-state index in [4.69, 9.17) is 24.5 Å². The first-order valence-corrected chi connectivity index (χ1v) is 7.60. The first kappa shape index (κ1) is 21.2. The summed E-state index contributed by atoms with van der Waals surface area (Å²) >= 11 is 0. The second-order valence-electron chi connectivity index (χ2n) is 5.45. The zero-order valence-electron chi connectivity index (χ0n) is 14.7. The third-order valence-corrected chi connectivity index (χ3v) is 3.26. The van der Waals surface area contributed by atoms with Crippen molar-refractivity contribution in [3.05, 3.63) is 10.4 Å². The number of carbonyl (C=O) groups is 4. The Morgan fingerprint density at radius 1 is 1.04 bits per heavy atom. The summed E-state index contributed by atoms with van der Waals surface area (Å²) in [7, 11) is 0. The fourth-order valence-corrected chi connectivity index (χ4v) is 2.46. The van der Waals surface area contributed by atoms with Gasteiger partial charge in [-0.05, 0) is 5.53 Å². The lowest BCUT2D eigenvalue weighted by atomic mass is 9.95. The van der Waals surface area contributed by atoms with Crippen LogP contribution in [0.5, 0.6) is 0 Å². The minimum atomic E-state index is -1.29. The summed E-state index contributed by atoms with van der Waals surface area (Å²) in [4.78, 5) is 48.2. The Morgan fingerprint density at radius 3 is 2.08 bits per heavy atom. The molecule has 0 aromatic carbocycles. The van der Waals surface area contributed by atoms with Gasteiger partial charge in [0.05, 0.1) is 0 Å². The van der Waals surface area contributed by atoms with Gasteiger partial charge in [-0.25, -0.2) is 0 Å². The van der Waals surface area contributed by atoms with Gasteiger partial charge in [0.25, 0.3) is 0 Å². The maximum atomic E-state index is 11.5. The van der Waals surface area contributed by atoms with E-state index in [9.17, 15) is 19.2 Å². The van der Waals surface area contributed by atoms with Gasteiger partial charge in [-0.3, -0.25) is 19.2 Å². The van der Waals surface area contributed by atoms with Gasteiger partial charge < -0.3 is 24.3 Å². The van der Waals surface area contributed by atoms with Crippen molar-refractivity contribution in [2.24, 2.45) is 5.11 Å². The largest absolute Gasteiger partial charge is 0.463 e. The van der Waals surface area contributed by atoms with Gasteiger partial charge in [-0.1, -0.05) is 5.11 Å². The van der Waals surface area contributed by atoms with Crippen LogP contribution >= 0.6 is 0 Å². The second kappa shape index (κ2) is 9.59. The molecule has 0 aromatic heterocycles. The number of hydrogen-bond donors (Lipinski definition) is 1. The quantitative estimate of drug-likeness (QED) is 0.223. The molecule has 1 heterocycles. The molecule has 1 aliphatic rings. The molecule has 1 fully saturated rings. The highest BCUT2D eigenvalue weighted by Crippen LogP contribution is 2.28. The number of nitrogens with one attached hydrogen (secondary N) is 1. The first-order chi connectivity index (χ1) is 12.1. The highest BCUT2D eigenvalue weighted by atomic mass is 16.6. The smallest absolute Gasteiger partial charge is 0.303 e. The second-order valence-corrected chi connectivity index (χ2v) is 5.45. The predicted molar refractivity (Wildman–Crippen MR) is 83.2 cm³/mol. The minimum Gasteiger partial charge on any atom is -0.463 e. The molecule has 0 saturated carbocycles. The summed E-state index contributed by atoms with van der Waals surface area (Å²) in [5, 5.41) is 5.89. The Balaban J connectivity index is 3.28. The van der Waals surface area contributed by atoms with Crippen LogP contribution < -0.4 is 5.32 Å². The van der Waals surface area contributed by atoms with Crippen LogP contribution in [0.25, 0.3) is 10.4 Å². The van der Waals surface area contributed by atoms with Crippen LogP contribution in [-0.2, 0) is 38.1 Å². The third-order valence-electron chi connectivity index (χ3n) is 3.26. The number of rotatable bonds is 6. The number of ether oxygens (including phenoxy) is 4. The average Bonchev–Trinajstić information content (AvgIpc) is 2.50. The molecule has 12 nitrogen and oxygen atoms in total. The fourth-order valence-electron chi connectivity index (χ4n) is 2.46. The number of hydrogen-bond acceptors (Lipinski definition) is 9. The van der Waals surface area contributed by atoms with Crippen molar-refractivity contribution in [3.8, 4) is 0 Å². The SMILES string of the molecule is CC(=O)N[C@H]1[C@@H](OC(C)=O)[C@H](OC(C)=O)[C@@H](COC(C)=O)O[C@H]1N=[N+]=[N-]. The molecule has 0 spiro atoms. The summed E-state index contributed by atoms with van der Waals surface area (Å²) < 4.78 is 20.8. The Morgan fingerprint density at radius 2 is 1.62 bits per heavy atom. The molecule has 0 aromatic rings. The molecule has 1 rings (SSSR count). The Bertz CT molecular complexity index is 618. The van der Waals surface area contributed by atoms with E-state index in [0.717, 1.165) is 20.8 Å². The fraction of sp³-hybridized carbons (Fsp3) is 0.714. The molecular weight excluding hydrogens is 352 g/mol. The van der Waals surface area contributed by atoms with Crippen LogP contribution in [0.2, 0.25) is 0 Å². The van der Waals surface area contributed by atoms with E-state index in [1.54, 1.807) is 0 Å². The summed E-state index contributed by atoms with van der Waals surface area (Å²) in [6.07, 6.45) is -4.82. The van der Waals surface area contributed by atoms with Crippen molar-refractivity contribution in [1.29, 1.82) is 0 Å². The standard InChI is InChI=1S/C14H20N4O8/c1-6(19)16-11-13(25-9(4)22)12(24-8(3)21)10(5-23-7(2)20)26-14(11)17-18-15/h10-14H,5H2,1-4H3,(H,16,19)/t10-,11+,12-,13-,14-/m1/s1. The maximum Gasteiger partial charge on any atom is 0.303 e. The molecule has 0 radical (unpaired) electrons. The lowest BCUT2D eigenvalue weighted by Gasteiger charge is -2.43. The first-order valence-electron chi connectivity index (χ1n) is 7.60. The van der Waals surface area contributed by atoms with E-state index in [0.29, 0.717) is 0 Å². The van der Waals surface area contributed by atoms with Crippen molar-refractivity contribution in [3.63, 3.8) is 0 Å². The van der Waals surface area contributed by atoms with Crippen LogP contribution in [0.1, 0.15) is 27.7 Å². The minimum absolute atomic E-state index is 0.352. The van der Waals surface area contributed by atoms with Crippen molar-refractivity contribution >= 4 is 23.8 Å². The Kier molecular flexibility index (Phi) is 7.81. The molecule has 0 aliphatic carbocycles. The zero-order valence-corrected chi connectivity index (χ0v) is 14.7. The van der Waals surface area contributed by atoms with E-state index in [1.807, 2.05) is 0 Å². The zero-order chi connectivity index (χ0) is 19.9. The van der Waals surface area contributed by atoms with Crippen molar-refractivity contribution in [2.75, 3.05) is 6.61 Å². The molecular formula is C14H20N4O8. The molecule has 26 heavy (non-hydrogen) atoms. The molecule has 0 bridgehead atoms. The molecule has 1 N–H and O–H groups in total. The van der Waals surface area contributed by atoms with E-state index < -0.39 is 54.4 Å². The maximum absolute atomic E-state index is 11.5. The van der Waals surface area contributed by atoms with Gasteiger partial charge in [0.2, 0.25) is 5.91 Å². The normalized spacial score (nSPS) is 27.5. The molecule has 144 valence electrons. The molecule has 12 heteroatoms. The van der Waals surface area contributed by atoms with Crippen molar-refractivity contribution < 1.29 is 38.1 Å². The summed E-state index contributed by atoms with van der Waals surface area (Å²) in [5.41, 5.74) is 8.74. The van der Waals surface area contributed by atoms with E-state index in [-0.39, 0.29) is 6.61 Å².